The fraction of sp³-hybridized carbons (Fsp3) is 0.986. The molecule has 3 atom stereocenters. The van der Waals surface area contributed by atoms with Crippen LogP contribution in [-0.2, 0) is 18.4 Å². The van der Waals surface area contributed by atoms with Gasteiger partial charge in [-0.3, -0.25) is 13.8 Å². The molecule has 0 saturated heterocycles. The van der Waals surface area contributed by atoms with E-state index in [2.05, 4.69) is 19.2 Å². The van der Waals surface area contributed by atoms with E-state index in [1.165, 1.54) is 340 Å². The Hall–Kier alpha value is -0.500. The number of hydrogen-bond donors (Lipinski definition) is 3. The lowest BCUT2D eigenvalue weighted by atomic mass is 10.0. The Morgan fingerprint density at radius 2 is 0.593 bits per heavy atom. The molecule has 8 nitrogen and oxygen atoms in total. The molecular weight excluding hydrogens is 1020 g/mol. The number of hydrogen-bond acceptors (Lipinski definition) is 5. The summed E-state index contributed by atoms with van der Waals surface area (Å²) in [5, 5.41) is 14.2. The number of nitrogens with zero attached hydrogens (tertiary/aromatic N) is 1. The van der Waals surface area contributed by atoms with Gasteiger partial charge in [0.2, 0.25) is 5.91 Å². The van der Waals surface area contributed by atoms with Gasteiger partial charge in [0.1, 0.15) is 13.2 Å². The first-order valence-electron chi connectivity index (χ1n) is 36.9. The number of phosphoric acid groups is 1. The molecule has 0 radical (unpaired) electrons. The van der Waals surface area contributed by atoms with Crippen LogP contribution in [-0.4, -0.2) is 73.4 Å². The number of aliphatic hydroxyl groups excluding tert-OH is 1. The summed E-state index contributed by atoms with van der Waals surface area (Å²) >= 11 is 0. The fourth-order valence-corrected chi connectivity index (χ4v) is 12.6. The first-order valence-corrected chi connectivity index (χ1v) is 38.4. The Balaban J connectivity index is 3.89. The second-order valence-electron chi connectivity index (χ2n) is 27.0. The van der Waals surface area contributed by atoms with Gasteiger partial charge in [-0.1, -0.05) is 386 Å². The topological polar surface area (TPSA) is 105 Å². The second-order valence-corrected chi connectivity index (χ2v) is 28.5. The molecule has 0 heterocycles. The van der Waals surface area contributed by atoms with Crippen molar-refractivity contribution >= 4 is 13.7 Å². The van der Waals surface area contributed by atoms with Gasteiger partial charge in [0, 0.05) is 6.42 Å². The van der Waals surface area contributed by atoms with Crippen molar-refractivity contribution in [1.82, 2.24) is 5.32 Å². The number of unbranched alkanes of at least 4 members (excludes halogenated alkanes) is 57. The standard InChI is InChI=1S/C72H147N2O6P/c1-6-8-10-12-14-16-18-20-22-24-26-28-30-31-32-33-34-35-36-37-38-39-40-41-42-43-44-46-48-50-52-54-56-58-60-62-64-66-72(76)73-70(69-80-81(77,78)79-68-67-74(3,4)5)71(75)65-63-61-59-57-55-53-51-49-47-45-29-27-25-23-21-19-17-15-13-11-9-7-2/h70-71,75H,6-69H2,1-5H3,(H-,73,76,77,78)/p+1. The van der Waals surface area contributed by atoms with Gasteiger partial charge in [0.25, 0.3) is 0 Å². The summed E-state index contributed by atoms with van der Waals surface area (Å²) in [5.41, 5.74) is 0. The number of amides is 1. The maximum Gasteiger partial charge on any atom is 0.472 e. The Kier molecular flexibility index (Phi) is 63.6. The van der Waals surface area contributed by atoms with Crippen LogP contribution in [0, 0.1) is 0 Å². The van der Waals surface area contributed by atoms with E-state index in [-0.39, 0.29) is 19.1 Å². The summed E-state index contributed by atoms with van der Waals surface area (Å²) < 4.78 is 23.9. The lowest BCUT2D eigenvalue weighted by Crippen LogP contribution is -2.46. The molecule has 1 amide bonds. The van der Waals surface area contributed by atoms with Crippen molar-refractivity contribution in [2.75, 3.05) is 40.9 Å². The van der Waals surface area contributed by atoms with E-state index in [9.17, 15) is 19.4 Å². The zero-order chi connectivity index (χ0) is 59.1. The zero-order valence-electron chi connectivity index (χ0n) is 55.8. The second kappa shape index (κ2) is 64.0. The Morgan fingerprint density at radius 1 is 0.370 bits per heavy atom. The minimum Gasteiger partial charge on any atom is -0.391 e. The number of quaternary nitrogens is 1. The van der Waals surface area contributed by atoms with Crippen LogP contribution in [0.4, 0.5) is 0 Å². The normalized spacial score (nSPS) is 13.5. The lowest BCUT2D eigenvalue weighted by Gasteiger charge is -2.26. The molecule has 3 unspecified atom stereocenters. The molecule has 0 aromatic heterocycles. The van der Waals surface area contributed by atoms with Gasteiger partial charge in [-0.2, -0.15) is 0 Å². The van der Waals surface area contributed by atoms with Gasteiger partial charge in [-0.05, 0) is 12.8 Å². The minimum atomic E-state index is -4.33. The molecule has 0 fully saturated rings. The van der Waals surface area contributed by atoms with Crippen molar-refractivity contribution in [1.29, 1.82) is 0 Å². The number of aliphatic hydroxyl groups is 1. The number of nitrogens with one attached hydrogen (secondary N) is 1. The smallest absolute Gasteiger partial charge is 0.391 e. The van der Waals surface area contributed by atoms with Crippen molar-refractivity contribution < 1.29 is 32.9 Å². The maximum atomic E-state index is 13.1. The number of carbonyl (C=O) groups excluding carboxylic acids is 1. The van der Waals surface area contributed by atoms with Crippen molar-refractivity contribution in [3.05, 3.63) is 0 Å². The maximum absolute atomic E-state index is 13.1. The summed E-state index contributed by atoms with van der Waals surface area (Å²) in [7, 11) is 1.64. The van der Waals surface area contributed by atoms with E-state index in [0.29, 0.717) is 23.9 Å². The quantitative estimate of drug-likeness (QED) is 0.0318. The van der Waals surface area contributed by atoms with E-state index < -0.39 is 20.0 Å². The van der Waals surface area contributed by atoms with Crippen LogP contribution in [0.3, 0.4) is 0 Å². The van der Waals surface area contributed by atoms with Crippen molar-refractivity contribution in [2.24, 2.45) is 0 Å². The number of carbonyl (C=O) groups is 1. The fourth-order valence-electron chi connectivity index (χ4n) is 11.9. The Morgan fingerprint density at radius 3 is 0.827 bits per heavy atom. The first-order chi connectivity index (χ1) is 39.5. The summed E-state index contributed by atoms with van der Waals surface area (Å²) in [6.45, 7) is 4.97. The van der Waals surface area contributed by atoms with E-state index in [1.807, 2.05) is 21.1 Å². The highest BCUT2D eigenvalue weighted by Gasteiger charge is 2.28. The Labute approximate surface area is 508 Å². The van der Waals surface area contributed by atoms with E-state index in [0.717, 1.165) is 38.5 Å². The van der Waals surface area contributed by atoms with E-state index in [1.54, 1.807) is 0 Å². The zero-order valence-corrected chi connectivity index (χ0v) is 56.7. The number of likely N-dealkylation sites (N-methyl/N-ethyl adjacent to an activating group) is 1. The molecule has 9 heteroatoms. The van der Waals surface area contributed by atoms with Crippen LogP contribution < -0.4 is 5.32 Å². The minimum absolute atomic E-state index is 0.0795. The molecular formula is C72H148N2O6P+. The van der Waals surface area contributed by atoms with Crippen molar-refractivity contribution in [3.63, 3.8) is 0 Å². The third kappa shape index (κ3) is 66.9. The van der Waals surface area contributed by atoms with Crippen LogP contribution in [0.15, 0.2) is 0 Å². The summed E-state index contributed by atoms with van der Waals surface area (Å²) in [6.07, 6.45) is 80.9. The monoisotopic (exact) mass is 1170 g/mol. The van der Waals surface area contributed by atoms with Crippen molar-refractivity contribution in [2.45, 2.75) is 418 Å². The average molecular weight is 1170 g/mol. The van der Waals surface area contributed by atoms with E-state index >= 15 is 0 Å². The van der Waals surface area contributed by atoms with Gasteiger partial charge in [0.05, 0.1) is 39.9 Å². The lowest BCUT2D eigenvalue weighted by molar-refractivity contribution is -0.870. The molecule has 0 aliphatic rings. The van der Waals surface area contributed by atoms with Gasteiger partial charge < -0.3 is 19.8 Å². The number of rotatable bonds is 70. The third-order valence-corrected chi connectivity index (χ3v) is 18.6. The van der Waals surface area contributed by atoms with Crippen LogP contribution in [0.5, 0.6) is 0 Å². The molecule has 0 aliphatic carbocycles. The summed E-state index contributed by atoms with van der Waals surface area (Å²) in [5.74, 6) is -0.133. The van der Waals surface area contributed by atoms with Crippen LogP contribution in [0.2, 0.25) is 0 Å². The molecule has 0 spiro atoms. The molecule has 0 aromatic rings. The molecule has 0 bridgehead atoms. The predicted molar refractivity (Wildman–Crippen MR) is 356 cm³/mol. The van der Waals surface area contributed by atoms with Gasteiger partial charge in [-0.25, -0.2) is 4.57 Å². The van der Waals surface area contributed by atoms with Crippen LogP contribution in [0.1, 0.15) is 406 Å². The first kappa shape index (κ1) is 80.5. The number of phosphoric ester groups is 1. The van der Waals surface area contributed by atoms with Crippen LogP contribution >= 0.6 is 7.82 Å². The molecule has 3 N–H and O–H groups in total. The molecule has 486 valence electrons. The Bertz CT molecular complexity index is 1280. The average Bonchev–Trinajstić information content (AvgIpc) is 3.43. The highest BCUT2D eigenvalue weighted by Crippen LogP contribution is 2.43. The summed E-state index contributed by atoms with van der Waals surface area (Å²) in [4.78, 5) is 23.5. The van der Waals surface area contributed by atoms with Gasteiger partial charge in [0.15, 0.2) is 0 Å². The molecule has 81 heavy (non-hydrogen) atoms. The van der Waals surface area contributed by atoms with Crippen LogP contribution in [0.25, 0.3) is 0 Å². The van der Waals surface area contributed by atoms with E-state index in [4.69, 9.17) is 9.05 Å². The molecule has 0 aromatic carbocycles. The molecule has 0 saturated carbocycles. The SMILES string of the molecule is CCCCCCCCCCCCCCCCCCCCCCCCCCCCCCCCCCCCCCCC(=O)NC(COP(=O)(O)OCC[N+](C)(C)C)C(O)CCCCCCCCCCCCCCCCCCCCCCCC. The highest BCUT2D eigenvalue weighted by molar-refractivity contribution is 7.47. The predicted octanol–water partition coefficient (Wildman–Crippen LogP) is 23.5. The highest BCUT2D eigenvalue weighted by atomic mass is 31.2. The summed E-state index contributed by atoms with van der Waals surface area (Å²) in [6, 6.07) is -0.757. The third-order valence-electron chi connectivity index (χ3n) is 17.6. The largest absolute Gasteiger partial charge is 0.472 e. The molecule has 0 aliphatic heterocycles. The molecule has 0 rings (SSSR count). The van der Waals surface area contributed by atoms with Gasteiger partial charge >= 0.3 is 7.82 Å². The van der Waals surface area contributed by atoms with Gasteiger partial charge in [-0.15, -0.1) is 0 Å². The van der Waals surface area contributed by atoms with Crippen molar-refractivity contribution in [3.8, 4) is 0 Å².